The van der Waals surface area contributed by atoms with Gasteiger partial charge in [-0.3, -0.25) is 19.7 Å². The minimum atomic E-state index is -0.961. The van der Waals surface area contributed by atoms with E-state index in [1.807, 2.05) is 13.8 Å². The molecule has 1 aliphatic rings. The molecular formula is C27H31N3O6. The van der Waals surface area contributed by atoms with E-state index in [2.05, 4.69) is 11.5 Å². The molecule has 36 heavy (non-hydrogen) atoms. The van der Waals surface area contributed by atoms with E-state index in [1.54, 1.807) is 37.3 Å². The SMILES string of the molecule is C=CCOc1ccc(/C(O)=C2/C(=O)C(=O)N(CCN(CC)CC)C2c2cccc([N+](=O)[O-])c2)cc1C. The normalized spacial score (nSPS) is 17.0. The molecule has 9 nitrogen and oxygen atoms in total. The minimum absolute atomic E-state index is 0.0980. The Morgan fingerprint density at radius 2 is 1.94 bits per heavy atom. The molecule has 0 spiro atoms. The number of ether oxygens (including phenoxy) is 1. The number of rotatable bonds is 11. The summed E-state index contributed by atoms with van der Waals surface area (Å²) in [6.07, 6.45) is 1.62. The number of aliphatic hydroxyl groups is 1. The molecule has 0 bridgehead atoms. The summed E-state index contributed by atoms with van der Waals surface area (Å²) < 4.78 is 5.59. The van der Waals surface area contributed by atoms with Crippen molar-refractivity contribution in [3.8, 4) is 5.75 Å². The van der Waals surface area contributed by atoms with E-state index >= 15 is 0 Å². The molecule has 0 radical (unpaired) electrons. The van der Waals surface area contributed by atoms with Gasteiger partial charge in [-0.15, -0.1) is 0 Å². The average molecular weight is 494 g/mol. The molecule has 9 heteroatoms. The second-order valence-corrected chi connectivity index (χ2v) is 8.45. The van der Waals surface area contributed by atoms with Crippen molar-refractivity contribution in [2.75, 3.05) is 32.8 Å². The van der Waals surface area contributed by atoms with Gasteiger partial charge in [-0.2, -0.15) is 0 Å². The molecule has 0 aromatic heterocycles. The molecule has 3 rings (SSSR count). The first-order valence-corrected chi connectivity index (χ1v) is 11.8. The Morgan fingerprint density at radius 1 is 1.22 bits per heavy atom. The number of hydrogen-bond donors (Lipinski definition) is 1. The van der Waals surface area contributed by atoms with Crippen LogP contribution in [0.4, 0.5) is 5.69 Å². The fourth-order valence-electron chi connectivity index (χ4n) is 4.32. The highest BCUT2D eigenvalue weighted by Crippen LogP contribution is 2.40. The number of aliphatic hydroxyl groups excluding tert-OH is 1. The van der Waals surface area contributed by atoms with Crippen LogP contribution in [0.25, 0.3) is 5.76 Å². The van der Waals surface area contributed by atoms with Crippen molar-refractivity contribution in [2.24, 2.45) is 0 Å². The molecule has 2 aromatic carbocycles. The maximum Gasteiger partial charge on any atom is 0.295 e. The Morgan fingerprint density at radius 3 is 2.56 bits per heavy atom. The molecule has 1 saturated heterocycles. The van der Waals surface area contributed by atoms with Crippen molar-refractivity contribution in [1.29, 1.82) is 0 Å². The van der Waals surface area contributed by atoms with Crippen LogP contribution in [0.1, 0.15) is 36.6 Å². The summed E-state index contributed by atoms with van der Waals surface area (Å²) in [6.45, 7) is 12.0. The first-order chi connectivity index (χ1) is 17.2. The lowest BCUT2D eigenvalue weighted by molar-refractivity contribution is -0.384. The van der Waals surface area contributed by atoms with Crippen LogP contribution < -0.4 is 4.74 Å². The van der Waals surface area contributed by atoms with Crippen LogP contribution in [0.15, 0.2) is 60.7 Å². The predicted molar refractivity (Wildman–Crippen MR) is 137 cm³/mol. The van der Waals surface area contributed by atoms with Gasteiger partial charge in [0.05, 0.1) is 16.5 Å². The molecule has 1 unspecified atom stereocenters. The lowest BCUT2D eigenvalue weighted by atomic mass is 9.94. The molecule has 0 saturated carbocycles. The number of benzene rings is 2. The van der Waals surface area contributed by atoms with Crippen LogP contribution in [-0.2, 0) is 9.59 Å². The summed E-state index contributed by atoms with van der Waals surface area (Å²) in [5.74, 6) is -1.31. The molecule has 2 aromatic rings. The van der Waals surface area contributed by atoms with Crippen LogP contribution in [0.5, 0.6) is 5.75 Å². The Balaban J connectivity index is 2.12. The first-order valence-electron chi connectivity index (χ1n) is 11.8. The second kappa shape index (κ2) is 11.6. The van der Waals surface area contributed by atoms with E-state index in [-0.39, 0.29) is 23.6 Å². The highest BCUT2D eigenvalue weighted by atomic mass is 16.6. The summed E-state index contributed by atoms with van der Waals surface area (Å²) >= 11 is 0. The number of aryl methyl sites for hydroxylation is 1. The summed E-state index contributed by atoms with van der Waals surface area (Å²) in [4.78, 5) is 40.7. The molecular weight excluding hydrogens is 462 g/mol. The van der Waals surface area contributed by atoms with Gasteiger partial charge in [0.2, 0.25) is 0 Å². The molecule has 1 atom stereocenters. The Labute approximate surface area is 210 Å². The molecule has 1 amide bonds. The van der Waals surface area contributed by atoms with Gasteiger partial charge in [-0.25, -0.2) is 0 Å². The zero-order valence-corrected chi connectivity index (χ0v) is 20.8. The Bertz CT molecular complexity index is 1200. The van der Waals surface area contributed by atoms with E-state index in [0.717, 1.165) is 18.7 Å². The van der Waals surface area contributed by atoms with Crippen LogP contribution in [0, 0.1) is 17.0 Å². The summed E-state index contributed by atoms with van der Waals surface area (Å²) in [6, 6.07) is 9.80. The van der Waals surface area contributed by atoms with E-state index in [9.17, 15) is 24.8 Å². The van der Waals surface area contributed by atoms with Crippen molar-refractivity contribution in [1.82, 2.24) is 9.80 Å². The molecule has 1 N–H and O–H groups in total. The third kappa shape index (κ3) is 5.46. The first kappa shape index (κ1) is 26.6. The second-order valence-electron chi connectivity index (χ2n) is 8.45. The monoisotopic (exact) mass is 493 g/mol. The van der Waals surface area contributed by atoms with Gasteiger partial charge >= 0.3 is 0 Å². The number of likely N-dealkylation sites (N-methyl/N-ethyl adjacent to an activating group) is 1. The minimum Gasteiger partial charge on any atom is -0.507 e. The zero-order valence-electron chi connectivity index (χ0n) is 20.8. The molecule has 1 heterocycles. The van der Waals surface area contributed by atoms with Gasteiger partial charge in [0.25, 0.3) is 17.4 Å². The molecule has 1 aliphatic heterocycles. The zero-order chi connectivity index (χ0) is 26.4. The summed E-state index contributed by atoms with van der Waals surface area (Å²) in [5, 5.41) is 22.7. The Kier molecular flexibility index (Phi) is 8.60. The number of ketones is 1. The number of nitrogens with zero attached hydrogens (tertiary/aromatic N) is 3. The average Bonchev–Trinajstić information content (AvgIpc) is 3.13. The van der Waals surface area contributed by atoms with Crippen LogP contribution >= 0.6 is 0 Å². The highest BCUT2D eigenvalue weighted by Gasteiger charge is 2.46. The van der Waals surface area contributed by atoms with Crippen LogP contribution in [0.3, 0.4) is 0 Å². The Hall–Kier alpha value is -3.98. The number of likely N-dealkylation sites (tertiary alicyclic amines) is 1. The maximum absolute atomic E-state index is 13.2. The smallest absolute Gasteiger partial charge is 0.295 e. The van der Waals surface area contributed by atoms with Gasteiger partial charge in [-0.1, -0.05) is 38.6 Å². The van der Waals surface area contributed by atoms with Crippen LogP contribution in [-0.4, -0.2) is 64.3 Å². The van der Waals surface area contributed by atoms with Crippen molar-refractivity contribution in [2.45, 2.75) is 26.8 Å². The number of hydrogen-bond acceptors (Lipinski definition) is 7. The van der Waals surface area contributed by atoms with Gasteiger partial charge in [-0.05, 0) is 49.3 Å². The fourth-order valence-corrected chi connectivity index (χ4v) is 4.32. The van der Waals surface area contributed by atoms with E-state index in [0.29, 0.717) is 30.0 Å². The third-order valence-electron chi connectivity index (χ3n) is 6.29. The number of carbonyl (C=O) groups is 2. The van der Waals surface area contributed by atoms with E-state index < -0.39 is 22.7 Å². The largest absolute Gasteiger partial charge is 0.507 e. The quantitative estimate of drug-likeness (QED) is 0.124. The fraction of sp³-hybridized carbons (Fsp3) is 0.333. The highest BCUT2D eigenvalue weighted by molar-refractivity contribution is 6.46. The van der Waals surface area contributed by atoms with Crippen molar-refractivity contribution < 1.29 is 24.4 Å². The van der Waals surface area contributed by atoms with E-state index in [4.69, 9.17) is 4.74 Å². The third-order valence-corrected chi connectivity index (χ3v) is 6.29. The van der Waals surface area contributed by atoms with Crippen molar-refractivity contribution >= 4 is 23.1 Å². The van der Waals surface area contributed by atoms with Crippen LogP contribution in [0.2, 0.25) is 0 Å². The molecule has 1 fully saturated rings. The topological polar surface area (TPSA) is 113 Å². The van der Waals surface area contributed by atoms with Gasteiger partial charge in [0.15, 0.2) is 0 Å². The lowest BCUT2D eigenvalue weighted by Crippen LogP contribution is -2.38. The number of amides is 1. The van der Waals surface area contributed by atoms with Crippen molar-refractivity contribution in [3.05, 3.63) is 87.5 Å². The van der Waals surface area contributed by atoms with Gasteiger partial charge < -0.3 is 19.6 Å². The number of non-ortho nitro benzene ring substituents is 1. The van der Waals surface area contributed by atoms with Gasteiger partial charge in [0, 0.05) is 30.8 Å². The summed E-state index contributed by atoms with van der Waals surface area (Å²) in [5.41, 5.74) is 1.19. The maximum atomic E-state index is 13.2. The number of Topliss-reactive ketones (excluding diaryl/α,β-unsaturated/α-hetero) is 1. The molecule has 190 valence electrons. The van der Waals surface area contributed by atoms with Gasteiger partial charge in [0.1, 0.15) is 18.1 Å². The number of carbonyl (C=O) groups excluding carboxylic acids is 2. The van der Waals surface area contributed by atoms with E-state index in [1.165, 1.54) is 23.1 Å². The lowest BCUT2D eigenvalue weighted by Gasteiger charge is -2.28. The number of nitro groups is 1. The number of nitro benzene ring substituents is 1. The summed E-state index contributed by atoms with van der Waals surface area (Å²) in [7, 11) is 0. The molecule has 0 aliphatic carbocycles. The predicted octanol–water partition coefficient (Wildman–Crippen LogP) is 4.23. The van der Waals surface area contributed by atoms with Crippen molar-refractivity contribution in [3.63, 3.8) is 0 Å². The standard InChI is InChI=1S/C27H31N3O6/c1-5-15-36-22-12-11-20(16-18(22)4)25(31)23-24(19-9-8-10-21(17-19)30(34)35)29(27(33)26(23)32)14-13-28(6-2)7-3/h5,8-12,16-17,24,31H,1,6-7,13-15H2,2-4H3/b25-23-.